The maximum Gasteiger partial charge on any atom is 0.235 e. The average Bonchev–Trinajstić information content (AvgIpc) is 2.27. The highest BCUT2D eigenvalue weighted by Crippen LogP contribution is 2.26. The Morgan fingerprint density at radius 1 is 1.32 bits per heavy atom. The molecule has 0 bridgehead atoms. The molecule has 0 aromatic carbocycles. The Hall–Kier alpha value is -0.330. The van der Waals surface area contributed by atoms with Gasteiger partial charge in [0.15, 0.2) is 9.84 Å². The lowest BCUT2D eigenvalue weighted by Gasteiger charge is -2.34. The van der Waals surface area contributed by atoms with Crippen molar-refractivity contribution in [1.29, 1.82) is 0 Å². The first-order chi connectivity index (χ1) is 8.37. The quantitative estimate of drug-likeness (QED) is 0.758. The third-order valence-corrected chi connectivity index (χ3v) is 5.12. The van der Waals surface area contributed by atoms with Gasteiger partial charge in [0, 0.05) is 6.54 Å². The van der Waals surface area contributed by atoms with Crippen molar-refractivity contribution in [2.45, 2.75) is 33.1 Å². The summed E-state index contributed by atoms with van der Waals surface area (Å²) in [6, 6.07) is 0. The Bertz CT molecular complexity index is 378. The van der Waals surface area contributed by atoms with Crippen LogP contribution >= 0.6 is 12.4 Å². The summed E-state index contributed by atoms with van der Waals surface area (Å²) in [5.41, 5.74) is 0.0927. The van der Waals surface area contributed by atoms with Crippen LogP contribution in [0, 0.1) is 5.41 Å². The Morgan fingerprint density at radius 2 is 1.89 bits per heavy atom. The topological polar surface area (TPSA) is 75.3 Å². The Kier molecular flexibility index (Phi) is 7.93. The molecular weight excluding hydrogens is 288 g/mol. The largest absolute Gasteiger partial charge is 0.355 e. The second-order valence-corrected chi connectivity index (χ2v) is 7.61. The molecule has 0 unspecified atom stereocenters. The third-order valence-electron chi connectivity index (χ3n) is 3.39. The second kappa shape index (κ2) is 8.07. The molecule has 0 saturated carbocycles. The number of hydrogen-bond donors (Lipinski definition) is 2. The van der Waals surface area contributed by atoms with Gasteiger partial charge in [0.2, 0.25) is 5.91 Å². The van der Waals surface area contributed by atoms with Crippen LogP contribution < -0.4 is 10.6 Å². The fourth-order valence-corrected chi connectivity index (χ4v) is 3.42. The van der Waals surface area contributed by atoms with E-state index < -0.39 is 9.84 Å². The molecular formula is C12H25ClN2O3S. The van der Waals surface area contributed by atoms with Crippen molar-refractivity contribution in [1.82, 2.24) is 10.6 Å². The molecule has 0 aromatic rings. The van der Waals surface area contributed by atoms with Crippen LogP contribution in [0.2, 0.25) is 0 Å². The van der Waals surface area contributed by atoms with Gasteiger partial charge in [0.25, 0.3) is 0 Å². The zero-order valence-corrected chi connectivity index (χ0v) is 13.3. The first-order valence-electron chi connectivity index (χ1n) is 6.55. The molecule has 7 heteroatoms. The summed E-state index contributed by atoms with van der Waals surface area (Å²) < 4.78 is 23.0. The van der Waals surface area contributed by atoms with Crippen molar-refractivity contribution in [3.8, 4) is 0 Å². The van der Waals surface area contributed by atoms with E-state index in [0.29, 0.717) is 13.0 Å². The summed E-state index contributed by atoms with van der Waals surface area (Å²) in [7, 11) is -3.23. The first kappa shape index (κ1) is 18.7. The predicted octanol–water partition coefficient (Wildman–Crippen LogP) is 0.739. The lowest BCUT2D eigenvalue weighted by Crippen LogP contribution is -2.44. The van der Waals surface area contributed by atoms with Crippen molar-refractivity contribution in [3.05, 3.63) is 0 Å². The van der Waals surface area contributed by atoms with Gasteiger partial charge >= 0.3 is 0 Å². The van der Waals surface area contributed by atoms with E-state index >= 15 is 0 Å². The second-order valence-electron chi connectivity index (χ2n) is 5.43. The molecule has 0 atom stereocenters. The zero-order chi connectivity index (χ0) is 13.6. The third kappa shape index (κ3) is 7.13. The maximum absolute atomic E-state index is 11.6. The van der Waals surface area contributed by atoms with Crippen LogP contribution in [-0.4, -0.2) is 45.5 Å². The molecule has 1 fully saturated rings. The summed E-state index contributed by atoms with van der Waals surface area (Å²) in [5.74, 6) is -0.667. The first-order valence-corrected chi connectivity index (χ1v) is 8.37. The lowest BCUT2D eigenvalue weighted by molar-refractivity contribution is -0.119. The SMILES string of the molecule is CCCS(=O)(=O)CC(=O)NCC1(C)CCNCC1.Cl. The smallest absolute Gasteiger partial charge is 0.235 e. The summed E-state index contributed by atoms with van der Waals surface area (Å²) >= 11 is 0. The Balaban J connectivity index is 0.00000324. The molecule has 1 rings (SSSR count). The number of nitrogens with one attached hydrogen (secondary N) is 2. The van der Waals surface area contributed by atoms with Gasteiger partial charge in [-0.15, -0.1) is 12.4 Å². The van der Waals surface area contributed by atoms with Crippen LogP contribution in [0.4, 0.5) is 0 Å². The summed E-state index contributed by atoms with van der Waals surface area (Å²) in [4.78, 5) is 11.6. The Labute approximate surface area is 122 Å². The van der Waals surface area contributed by atoms with Gasteiger partial charge in [-0.25, -0.2) is 8.42 Å². The molecule has 114 valence electrons. The van der Waals surface area contributed by atoms with Crippen LogP contribution in [0.5, 0.6) is 0 Å². The number of amides is 1. The van der Waals surface area contributed by atoms with Gasteiger partial charge in [0.1, 0.15) is 5.75 Å². The number of rotatable bonds is 6. The maximum atomic E-state index is 11.6. The standard InChI is InChI=1S/C12H24N2O3S.ClH/c1-3-8-18(16,17)9-11(15)14-10-12(2)4-6-13-7-5-12;/h13H,3-10H2,1-2H3,(H,14,15);1H. The van der Waals surface area contributed by atoms with Gasteiger partial charge < -0.3 is 10.6 Å². The molecule has 2 N–H and O–H groups in total. The summed E-state index contributed by atoms with van der Waals surface area (Å²) in [5, 5.41) is 6.04. The van der Waals surface area contributed by atoms with Gasteiger partial charge in [-0.2, -0.15) is 0 Å². The number of halogens is 1. The highest BCUT2D eigenvalue weighted by Gasteiger charge is 2.27. The number of piperidine rings is 1. The van der Waals surface area contributed by atoms with Gasteiger partial charge in [-0.05, 0) is 37.8 Å². The number of hydrogen-bond acceptors (Lipinski definition) is 4. The van der Waals surface area contributed by atoms with Gasteiger partial charge in [-0.3, -0.25) is 4.79 Å². The molecule has 1 aliphatic rings. The normalized spacial score (nSPS) is 18.4. The molecule has 0 spiro atoms. The van der Waals surface area contributed by atoms with Gasteiger partial charge in [-0.1, -0.05) is 13.8 Å². The van der Waals surface area contributed by atoms with Crippen molar-refractivity contribution < 1.29 is 13.2 Å². The molecule has 0 aromatic heterocycles. The monoisotopic (exact) mass is 312 g/mol. The van der Waals surface area contributed by atoms with E-state index in [0.717, 1.165) is 25.9 Å². The lowest BCUT2D eigenvalue weighted by atomic mass is 9.81. The molecule has 1 amide bonds. The molecule has 0 aliphatic carbocycles. The van der Waals surface area contributed by atoms with Crippen molar-refractivity contribution >= 4 is 28.2 Å². The molecule has 1 heterocycles. The average molecular weight is 313 g/mol. The van der Waals surface area contributed by atoms with E-state index in [9.17, 15) is 13.2 Å². The molecule has 0 radical (unpaired) electrons. The predicted molar refractivity (Wildman–Crippen MR) is 79.4 cm³/mol. The van der Waals surface area contributed by atoms with Crippen LogP contribution in [0.3, 0.4) is 0 Å². The van der Waals surface area contributed by atoms with E-state index in [2.05, 4.69) is 17.6 Å². The fourth-order valence-electron chi connectivity index (χ4n) is 2.15. The summed E-state index contributed by atoms with van der Waals surface area (Å²) in [6.45, 7) is 6.41. The van der Waals surface area contributed by atoms with Crippen molar-refractivity contribution in [3.63, 3.8) is 0 Å². The number of carbonyl (C=O) groups is 1. The van der Waals surface area contributed by atoms with E-state index in [1.165, 1.54) is 0 Å². The highest BCUT2D eigenvalue weighted by molar-refractivity contribution is 7.92. The van der Waals surface area contributed by atoms with E-state index in [1.807, 2.05) is 0 Å². The minimum Gasteiger partial charge on any atom is -0.355 e. The minimum atomic E-state index is -3.23. The molecule has 19 heavy (non-hydrogen) atoms. The highest BCUT2D eigenvalue weighted by atomic mass is 35.5. The molecule has 1 saturated heterocycles. The van der Waals surface area contributed by atoms with E-state index in [4.69, 9.17) is 0 Å². The molecule has 1 aliphatic heterocycles. The number of sulfone groups is 1. The van der Waals surface area contributed by atoms with Crippen LogP contribution in [-0.2, 0) is 14.6 Å². The minimum absolute atomic E-state index is 0. The Morgan fingerprint density at radius 3 is 2.42 bits per heavy atom. The van der Waals surface area contributed by atoms with Crippen LogP contribution in [0.15, 0.2) is 0 Å². The van der Waals surface area contributed by atoms with Crippen LogP contribution in [0.25, 0.3) is 0 Å². The van der Waals surface area contributed by atoms with E-state index in [-0.39, 0.29) is 35.2 Å². The van der Waals surface area contributed by atoms with E-state index in [1.54, 1.807) is 6.92 Å². The van der Waals surface area contributed by atoms with Crippen LogP contribution in [0.1, 0.15) is 33.1 Å². The number of carbonyl (C=O) groups excluding carboxylic acids is 1. The van der Waals surface area contributed by atoms with Crippen molar-refractivity contribution in [2.24, 2.45) is 5.41 Å². The fraction of sp³-hybridized carbons (Fsp3) is 0.917. The summed E-state index contributed by atoms with van der Waals surface area (Å²) in [6.07, 6.45) is 2.57. The van der Waals surface area contributed by atoms with Crippen molar-refractivity contribution in [2.75, 3.05) is 31.1 Å². The zero-order valence-electron chi connectivity index (χ0n) is 11.7. The van der Waals surface area contributed by atoms with Gasteiger partial charge in [0.05, 0.1) is 5.75 Å². The molecule has 5 nitrogen and oxygen atoms in total.